The molecule has 4 nitrogen and oxygen atoms in total. The molecule has 0 spiro atoms. The van der Waals surface area contributed by atoms with Gasteiger partial charge in [0.1, 0.15) is 6.17 Å². The van der Waals surface area contributed by atoms with E-state index in [9.17, 15) is 4.79 Å². The summed E-state index contributed by atoms with van der Waals surface area (Å²) in [7, 11) is 1.68. The maximum atomic E-state index is 12.2. The van der Waals surface area contributed by atoms with Crippen LogP contribution in [0.4, 0.5) is 0 Å². The van der Waals surface area contributed by atoms with Gasteiger partial charge in [0.25, 0.3) is 0 Å². The predicted molar refractivity (Wildman–Crippen MR) is 79.4 cm³/mol. The number of rotatable bonds is 6. The van der Waals surface area contributed by atoms with Crippen molar-refractivity contribution in [3.05, 3.63) is 35.4 Å². The first-order valence-electron chi connectivity index (χ1n) is 7.33. The summed E-state index contributed by atoms with van der Waals surface area (Å²) in [4.78, 5) is 14.1. The fraction of sp³-hybridized carbons (Fsp3) is 0.562. The third-order valence-corrected chi connectivity index (χ3v) is 3.94. The molecule has 1 heterocycles. The van der Waals surface area contributed by atoms with Gasteiger partial charge in [-0.3, -0.25) is 10.1 Å². The van der Waals surface area contributed by atoms with Gasteiger partial charge in [0, 0.05) is 7.11 Å². The number of carbonyl (C=O) groups excluding carboxylic acids is 1. The third-order valence-electron chi connectivity index (χ3n) is 3.94. The monoisotopic (exact) mass is 276 g/mol. The SMILES string of the molecule is CCc1ccc(C2NCC(=O)N2C(CC)COC)cc1. The molecule has 4 heteroatoms. The number of ether oxygens (including phenoxy) is 1. The summed E-state index contributed by atoms with van der Waals surface area (Å²) in [5.74, 6) is 0.151. The molecule has 1 aliphatic heterocycles. The predicted octanol–water partition coefficient (Wildman–Crippen LogP) is 2.10. The van der Waals surface area contributed by atoms with Crippen LogP contribution in [0.3, 0.4) is 0 Å². The summed E-state index contributed by atoms with van der Waals surface area (Å²) in [6.07, 6.45) is 1.89. The molecule has 110 valence electrons. The van der Waals surface area contributed by atoms with Crippen LogP contribution in [0.1, 0.15) is 37.6 Å². The largest absolute Gasteiger partial charge is 0.383 e. The number of amides is 1. The molecule has 0 aromatic heterocycles. The summed E-state index contributed by atoms with van der Waals surface area (Å²) in [5, 5.41) is 3.30. The molecule has 1 aromatic rings. The number of nitrogens with zero attached hydrogens (tertiary/aromatic N) is 1. The maximum Gasteiger partial charge on any atom is 0.238 e. The van der Waals surface area contributed by atoms with Gasteiger partial charge >= 0.3 is 0 Å². The van der Waals surface area contributed by atoms with Crippen LogP contribution in [0.25, 0.3) is 0 Å². The van der Waals surface area contributed by atoms with Gasteiger partial charge in [0.15, 0.2) is 0 Å². The number of carbonyl (C=O) groups is 1. The summed E-state index contributed by atoms with van der Waals surface area (Å²) >= 11 is 0. The van der Waals surface area contributed by atoms with Gasteiger partial charge in [-0.25, -0.2) is 0 Å². The highest BCUT2D eigenvalue weighted by Crippen LogP contribution is 2.26. The van der Waals surface area contributed by atoms with E-state index in [4.69, 9.17) is 4.74 Å². The summed E-state index contributed by atoms with van der Waals surface area (Å²) in [6, 6.07) is 8.62. The Morgan fingerprint density at radius 1 is 1.35 bits per heavy atom. The highest BCUT2D eigenvalue weighted by molar-refractivity contribution is 5.81. The van der Waals surface area contributed by atoms with Crippen molar-refractivity contribution in [2.24, 2.45) is 0 Å². The molecule has 0 bridgehead atoms. The lowest BCUT2D eigenvalue weighted by Crippen LogP contribution is -2.41. The Labute approximate surface area is 121 Å². The molecule has 0 aliphatic carbocycles. The van der Waals surface area contributed by atoms with Crippen LogP contribution in [0.2, 0.25) is 0 Å². The molecule has 1 aliphatic rings. The second-order valence-electron chi connectivity index (χ2n) is 5.20. The fourth-order valence-corrected chi connectivity index (χ4v) is 2.73. The van der Waals surface area contributed by atoms with Crippen LogP contribution in [0.5, 0.6) is 0 Å². The van der Waals surface area contributed by atoms with Crippen molar-refractivity contribution < 1.29 is 9.53 Å². The molecule has 1 fully saturated rings. The van der Waals surface area contributed by atoms with E-state index >= 15 is 0 Å². The zero-order chi connectivity index (χ0) is 14.5. The Bertz CT molecular complexity index is 444. The van der Waals surface area contributed by atoms with Crippen molar-refractivity contribution in [3.8, 4) is 0 Å². The van der Waals surface area contributed by atoms with Gasteiger partial charge in [0.2, 0.25) is 5.91 Å². The Morgan fingerprint density at radius 3 is 2.60 bits per heavy atom. The van der Waals surface area contributed by atoms with Gasteiger partial charge < -0.3 is 9.64 Å². The lowest BCUT2D eigenvalue weighted by molar-refractivity contribution is -0.131. The summed E-state index contributed by atoms with van der Waals surface area (Å²) in [6.45, 7) is 5.21. The highest BCUT2D eigenvalue weighted by Gasteiger charge is 2.35. The van der Waals surface area contributed by atoms with Gasteiger partial charge in [-0.2, -0.15) is 0 Å². The average Bonchev–Trinajstić information content (AvgIpc) is 2.86. The van der Waals surface area contributed by atoms with Gasteiger partial charge in [0.05, 0.1) is 19.2 Å². The Balaban J connectivity index is 2.21. The van der Waals surface area contributed by atoms with E-state index in [0.717, 1.165) is 18.4 Å². The number of methoxy groups -OCH3 is 1. The molecule has 1 amide bonds. The first kappa shape index (κ1) is 15.0. The minimum Gasteiger partial charge on any atom is -0.383 e. The summed E-state index contributed by atoms with van der Waals surface area (Å²) < 4.78 is 5.25. The van der Waals surface area contributed by atoms with Crippen LogP contribution in [-0.4, -0.2) is 37.1 Å². The minimum absolute atomic E-state index is 0.0338. The van der Waals surface area contributed by atoms with E-state index in [1.165, 1.54) is 5.56 Å². The first-order valence-corrected chi connectivity index (χ1v) is 7.33. The molecule has 20 heavy (non-hydrogen) atoms. The van der Waals surface area contributed by atoms with Crippen molar-refractivity contribution in [3.63, 3.8) is 0 Å². The number of hydrogen-bond donors (Lipinski definition) is 1. The number of hydrogen-bond acceptors (Lipinski definition) is 3. The number of nitrogens with one attached hydrogen (secondary N) is 1. The van der Waals surface area contributed by atoms with E-state index in [-0.39, 0.29) is 18.1 Å². The van der Waals surface area contributed by atoms with E-state index in [0.29, 0.717) is 13.2 Å². The fourth-order valence-electron chi connectivity index (χ4n) is 2.73. The van der Waals surface area contributed by atoms with E-state index in [1.807, 2.05) is 4.90 Å². The van der Waals surface area contributed by atoms with E-state index in [1.54, 1.807) is 7.11 Å². The quantitative estimate of drug-likeness (QED) is 0.865. The normalized spacial score (nSPS) is 20.4. The lowest BCUT2D eigenvalue weighted by atomic mass is 10.1. The van der Waals surface area contributed by atoms with Crippen LogP contribution >= 0.6 is 0 Å². The average molecular weight is 276 g/mol. The van der Waals surface area contributed by atoms with Crippen LogP contribution in [0, 0.1) is 0 Å². The maximum absolute atomic E-state index is 12.2. The zero-order valence-electron chi connectivity index (χ0n) is 12.6. The molecular formula is C16H24N2O2. The molecule has 2 rings (SSSR count). The van der Waals surface area contributed by atoms with Crippen molar-refractivity contribution in [2.75, 3.05) is 20.3 Å². The van der Waals surface area contributed by atoms with Crippen LogP contribution < -0.4 is 5.32 Å². The zero-order valence-corrected chi connectivity index (χ0v) is 12.6. The first-order chi connectivity index (χ1) is 9.71. The minimum atomic E-state index is -0.0338. The lowest BCUT2D eigenvalue weighted by Gasteiger charge is -2.32. The van der Waals surface area contributed by atoms with E-state index in [2.05, 4.69) is 43.4 Å². The van der Waals surface area contributed by atoms with Crippen LogP contribution in [-0.2, 0) is 16.0 Å². The molecule has 0 saturated carbocycles. The Morgan fingerprint density at radius 2 is 2.05 bits per heavy atom. The van der Waals surface area contributed by atoms with Crippen molar-refractivity contribution in [2.45, 2.75) is 38.9 Å². The second kappa shape index (κ2) is 6.86. The van der Waals surface area contributed by atoms with Crippen molar-refractivity contribution in [1.29, 1.82) is 0 Å². The van der Waals surface area contributed by atoms with Crippen molar-refractivity contribution in [1.82, 2.24) is 10.2 Å². The highest BCUT2D eigenvalue weighted by atomic mass is 16.5. The van der Waals surface area contributed by atoms with Gasteiger partial charge in [-0.05, 0) is 24.0 Å². The standard InChI is InChI=1S/C16H24N2O2/c1-4-12-6-8-13(9-7-12)16-17-10-15(19)18(16)14(5-2)11-20-3/h6-9,14,16-17H,4-5,10-11H2,1-3H3. The molecule has 2 unspecified atom stereocenters. The molecule has 1 saturated heterocycles. The van der Waals surface area contributed by atoms with Gasteiger partial charge in [-0.1, -0.05) is 38.1 Å². The molecule has 0 radical (unpaired) electrons. The number of benzene rings is 1. The molecule has 1 aromatic carbocycles. The summed E-state index contributed by atoms with van der Waals surface area (Å²) in [5.41, 5.74) is 2.45. The van der Waals surface area contributed by atoms with Crippen LogP contribution in [0.15, 0.2) is 24.3 Å². The Hall–Kier alpha value is -1.39. The molecule has 2 atom stereocenters. The molecular weight excluding hydrogens is 252 g/mol. The Kier molecular flexibility index (Phi) is 5.15. The second-order valence-corrected chi connectivity index (χ2v) is 5.20. The van der Waals surface area contributed by atoms with Crippen molar-refractivity contribution >= 4 is 5.91 Å². The topological polar surface area (TPSA) is 41.6 Å². The third kappa shape index (κ3) is 3.02. The van der Waals surface area contributed by atoms with E-state index < -0.39 is 0 Å². The molecule has 1 N–H and O–H groups in total. The van der Waals surface area contributed by atoms with Gasteiger partial charge in [-0.15, -0.1) is 0 Å². The smallest absolute Gasteiger partial charge is 0.238 e. The number of aryl methyl sites for hydroxylation is 1.